The van der Waals surface area contributed by atoms with Crippen molar-refractivity contribution in [3.05, 3.63) is 0 Å². The number of hydrogen-bond donors (Lipinski definition) is 1. The molecule has 1 aliphatic heterocycles. The molecule has 1 N–H and O–H groups in total. The molecule has 0 radical (unpaired) electrons. The number of carbonyl (C=O) groups is 2. The number of hydrogen-bond acceptors (Lipinski definition) is 4. The third-order valence-electron chi connectivity index (χ3n) is 16.0. The Bertz CT molecular complexity index is 1030. The number of carbonyl (C=O) groups excluding carboxylic acids is 2. The lowest BCUT2D eigenvalue weighted by atomic mass is 9.76. The molecule has 68 heavy (non-hydrogen) atoms. The van der Waals surface area contributed by atoms with E-state index >= 15 is 0 Å². The first-order valence-corrected chi connectivity index (χ1v) is 31.4. The van der Waals surface area contributed by atoms with Crippen LogP contribution in [0.1, 0.15) is 336 Å². The van der Waals surface area contributed by atoms with Gasteiger partial charge in [0.25, 0.3) is 0 Å². The van der Waals surface area contributed by atoms with Crippen molar-refractivity contribution < 1.29 is 14.7 Å². The van der Waals surface area contributed by atoms with Crippen molar-refractivity contribution >= 4 is 11.8 Å². The molecule has 0 aromatic rings. The van der Waals surface area contributed by atoms with Crippen LogP contribution in [0.5, 0.6) is 0 Å². The van der Waals surface area contributed by atoms with Crippen molar-refractivity contribution in [1.82, 2.24) is 14.7 Å². The topological polar surface area (TPSA) is 64.1 Å². The number of amides is 2. The summed E-state index contributed by atoms with van der Waals surface area (Å²) in [6.07, 6.45) is 60.2. The summed E-state index contributed by atoms with van der Waals surface area (Å²) >= 11 is 0. The third-order valence-corrected chi connectivity index (χ3v) is 16.0. The molecule has 0 aliphatic carbocycles. The van der Waals surface area contributed by atoms with Crippen molar-refractivity contribution in [2.75, 3.05) is 45.9 Å². The zero-order valence-electron chi connectivity index (χ0n) is 47.0. The van der Waals surface area contributed by atoms with Crippen molar-refractivity contribution in [3.63, 3.8) is 0 Å². The van der Waals surface area contributed by atoms with E-state index in [1.807, 2.05) is 0 Å². The van der Waals surface area contributed by atoms with Gasteiger partial charge in [0.05, 0.1) is 0 Å². The molecular formula is C62H123N3O3. The summed E-state index contributed by atoms with van der Waals surface area (Å²) in [5.74, 6) is 0.830. The summed E-state index contributed by atoms with van der Waals surface area (Å²) in [6.45, 7) is 15.7. The average Bonchev–Trinajstić information content (AvgIpc) is 3.34. The second-order valence-electron chi connectivity index (χ2n) is 22.2. The van der Waals surface area contributed by atoms with Gasteiger partial charge in [0.15, 0.2) is 0 Å². The fraction of sp³-hybridized carbons (Fsp3) is 0.968. The van der Waals surface area contributed by atoms with Gasteiger partial charge < -0.3 is 14.9 Å². The molecule has 6 nitrogen and oxygen atoms in total. The number of likely N-dealkylation sites (tertiary alicyclic amines) is 1. The summed E-state index contributed by atoms with van der Waals surface area (Å²) < 4.78 is 0. The lowest BCUT2D eigenvalue weighted by Crippen LogP contribution is -2.60. The normalized spacial score (nSPS) is 15.0. The number of rotatable bonds is 55. The van der Waals surface area contributed by atoms with Gasteiger partial charge in [-0.2, -0.15) is 0 Å². The number of nitrogens with zero attached hydrogens (tertiary/aromatic N) is 3. The minimum absolute atomic E-state index is 0.296. The van der Waals surface area contributed by atoms with Crippen LogP contribution in [-0.2, 0) is 9.59 Å². The van der Waals surface area contributed by atoms with Crippen LogP contribution in [0.2, 0.25) is 0 Å². The van der Waals surface area contributed by atoms with Gasteiger partial charge in [-0.15, -0.1) is 0 Å². The monoisotopic (exact) mass is 958 g/mol. The maximum Gasteiger partial charge on any atom is 0.222 e. The second-order valence-corrected chi connectivity index (χ2v) is 22.2. The van der Waals surface area contributed by atoms with E-state index in [4.69, 9.17) is 0 Å². The van der Waals surface area contributed by atoms with Gasteiger partial charge in [0, 0.05) is 57.7 Å². The molecule has 1 unspecified atom stereocenters. The molecule has 404 valence electrons. The third kappa shape index (κ3) is 36.7. The van der Waals surface area contributed by atoms with Crippen LogP contribution in [0.25, 0.3) is 0 Å². The van der Waals surface area contributed by atoms with E-state index in [-0.39, 0.29) is 0 Å². The fourth-order valence-electron chi connectivity index (χ4n) is 11.2. The van der Waals surface area contributed by atoms with Gasteiger partial charge in [-0.1, -0.05) is 252 Å². The maximum atomic E-state index is 13.5. The Morgan fingerprint density at radius 3 is 0.956 bits per heavy atom. The average molecular weight is 959 g/mol. The minimum Gasteiger partial charge on any atom is -0.396 e. The van der Waals surface area contributed by atoms with E-state index in [0.29, 0.717) is 24.0 Å². The van der Waals surface area contributed by atoms with Crippen LogP contribution in [0.15, 0.2) is 0 Å². The van der Waals surface area contributed by atoms with Crippen LogP contribution < -0.4 is 0 Å². The molecule has 0 aromatic carbocycles. The second kappa shape index (κ2) is 49.4. The molecule has 0 saturated carbocycles. The predicted molar refractivity (Wildman–Crippen MR) is 299 cm³/mol. The molecule has 1 atom stereocenters. The quantitative estimate of drug-likeness (QED) is 0.0617. The van der Waals surface area contributed by atoms with Crippen LogP contribution in [-0.4, -0.2) is 83.0 Å². The van der Waals surface area contributed by atoms with Gasteiger partial charge in [-0.05, 0) is 77.2 Å². The summed E-state index contributed by atoms with van der Waals surface area (Å²) in [4.78, 5) is 34.2. The van der Waals surface area contributed by atoms with E-state index in [1.165, 1.54) is 283 Å². The Morgan fingerprint density at radius 1 is 0.368 bits per heavy atom. The number of unbranched alkanes of at least 4 members (excludes halogenated alkanes) is 36. The van der Waals surface area contributed by atoms with Gasteiger partial charge in [-0.25, -0.2) is 0 Å². The van der Waals surface area contributed by atoms with E-state index in [0.717, 1.165) is 64.7 Å². The summed E-state index contributed by atoms with van der Waals surface area (Å²) in [5, 5.41) is 9.79. The SMILES string of the molecule is CCCCCCCCCCN(CCCCCCCCCC)C(=O)CCCCCCCN1CCC1(CCCO)CCCCCCCC(=O)N(CCCCCCCCCC)CCCCCCCCCC. The highest BCUT2D eigenvalue weighted by molar-refractivity contribution is 5.76. The Morgan fingerprint density at radius 2 is 0.647 bits per heavy atom. The van der Waals surface area contributed by atoms with Crippen molar-refractivity contribution in [1.29, 1.82) is 0 Å². The Labute approximate surface area is 426 Å². The van der Waals surface area contributed by atoms with Crippen molar-refractivity contribution in [2.45, 2.75) is 341 Å². The lowest BCUT2D eigenvalue weighted by molar-refractivity contribution is -0.132. The highest BCUT2D eigenvalue weighted by Crippen LogP contribution is 2.40. The van der Waals surface area contributed by atoms with Gasteiger partial charge >= 0.3 is 0 Å². The molecule has 0 bridgehead atoms. The molecule has 2 amide bonds. The first kappa shape index (κ1) is 64.9. The molecule has 1 fully saturated rings. The van der Waals surface area contributed by atoms with Gasteiger partial charge in [0.2, 0.25) is 11.8 Å². The maximum absolute atomic E-state index is 13.5. The lowest BCUT2D eigenvalue weighted by Gasteiger charge is -2.54. The van der Waals surface area contributed by atoms with E-state index in [2.05, 4.69) is 42.4 Å². The van der Waals surface area contributed by atoms with E-state index in [1.54, 1.807) is 0 Å². The Hall–Kier alpha value is -1.14. The first-order valence-electron chi connectivity index (χ1n) is 31.4. The zero-order chi connectivity index (χ0) is 49.3. The van der Waals surface area contributed by atoms with E-state index < -0.39 is 0 Å². The fourth-order valence-corrected chi connectivity index (χ4v) is 11.2. The standard InChI is InChI=1S/C62H123N3O3/c1-5-9-13-17-21-25-34-42-53-63(54-43-35-26-22-18-14-10-6-2)60(67)48-39-31-29-33-41-50-62(51-47-59-66)52-58-65(62)57-46-38-30-32-40-49-61(68)64(55-44-36-27-23-19-15-11-7-3)56-45-37-28-24-20-16-12-8-4/h66H,5-59H2,1-4H3. The number of aliphatic hydroxyl groups excluding tert-OH is 1. The van der Waals surface area contributed by atoms with Crippen LogP contribution in [0.3, 0.4) is 0 Å². The zero-order valence-corrected chi connectivity index (χ0v) is 47.0. The van der Waals surface area contributed by atoms with Crippen molar-refractivity contribution in [2.24, 2.45) is 0 Å². The van der Waals surface area contributed by atoms with Gasteiger partial charge in [-0.3, -0.25) is 14.5 Å². The van der Waals surface area contributed by atoms with Gasteiger partial charge in [0.1, 0.15) is 0 Å². The first-order chi connectivity index (χ1) is 33.5. The predicted octanol–water partition coefficient (Wildman–Crippen LogP) is 18.5. The highest BCUT2D eigenvalue weighted by Gasteiger charge is 2.42. The summed E-state index contributed by atoms with van der Waals surface area (Å²) in [5.41, 5.74) is 0.296. The Balaban J connectivity index is 2.40. The molecule has 1 saturated heterocycles. The summed E-state index contributed by atoms with van der Waals surface area (Å²) in [6, 6.07) is 0. The van der Waals surface area contributed by atoms with Crippen LogP contribution in [0.4, 0.5) is 0 Å². The van der Waals surface area contributed by atoms with Crippen LogP contribution in [0, 0.1) is 0 Å². The van der Waals surface area contributed by atoms with E-state index in [9.17, 15) is 14.7 Å². The molecule has 0 aromatic heterocycles. The molecule has 1 aliphatic rings. The van der Waals surface area contributed by atoms with Crippen molar-refractivity contribution in [3.8, 4) is 0 Å². The molecular weight excluding hydrogens is 835 g/mol. The Kier molecular flexibility index (Phi) is 47.2. The molecule has 0 spiro atoms. The molecule has 1 heterocycles. The minimum atomic E-state index is 0.296. The number of aliphatic hydroxyl groups is 1. The highest BCUT2D eigenvalue weighted by atomic mass is 16.3. The smallest absolute Gasteiger partial charge is 0.222 e. The van der Waals surface area contributed by atoms with Crippen LogP contribution >= 0.6 is 0 Å². The largest absolute Gasteiger partial charge is 0.396 e. The molecule has 6 heteroatoms. The molecule has 1 rings (SSSR count). The summed E-state index contributed by atoms with van der Waals surface area (Å²) in [7, 11) is 0.